The van der Waals surface area contributed by atoms with Crippen LogP contribution in [0, 0.1) is 11.8 Å². The van der Waals surface area contributed by atoms with E-state index in [1.54, 1.807) is 6.20 Å². The number of pyridine rings is 1. The van der Waals surface area contributed by atoms with E-state index in [-0.39, 0.29) is 12.3 Å². The molecule has 5 rings (SSSR count). The molecular formula is C26H17N5O2S. The highest BCUT2D eigenvalue weighted by molar-refractivity contribution is 7.21. The molecule has 0 fully saturated rings. The molecule has 1 amide bonds. The number of benzene rings is 2. The van der Waals surface area contributed by atoms with Crippen LogP contribution < -0.4 is 5.32 Å². The highest BCUT2D eigenvalue weighted by atomic mass is 32.1. The largest absolute Gasteiger partial charge is 0.384 e. The van der Waals surface area contributed by atoms with Gasteiger partial charge in [-0.2, -0.15) is 0 Å². The molecule has 0 atom stereocenters. The fraction of sp³-hybridized carbons (Fsp3) is 0.0385. The molecule has 164 valence electrons. The maximum Gasteiger partial charge on any atom is 0.274 e. The number of thiazole rings is 1. The molecule has 5 aromatic rings. The molecule has 0 aliphatic rings. The minimum Gasteiger partial charge on any atom is -0.384 e. The van der Waals surface area contributed by atoms with E-state index >= 15 is 0 Å². The molecule has 34 heavy (non-hydrogen) atoms. The van der Waals surface area contributed by atoms with Gasteiger partial charge in [0.15, 0.2) is 5.82 Å². The number of aliphatic hydroxyl groups is 1. The van der Waals surface area contributed by atoms with Crippen LogP contribution in [-0.4, -0.2) is 37.6 Å². The van der Waals surface area contributed by atoms with Gasteiger partial charge < -0.3 is 10.4 Å². The zero-order valence-electron chi connectivity index (χ0n) is 17.8. The summed E-state index contributed by atoms with van der Waals surface area (Å²) in [6, 6.07) is 22.1. The Balaban J connectivity index is 1.51. The van der Waals surface area contributed by atoms with Crippen LogP contribution in [0.25, 0.3) is 32.3 Å². The lowest BCUT2D eigenvalue weighted by molar-refractivity contribution is 0.102. The van der Waals surface area contributed by atoms with Crippen LogP contribution in [-0.2, 0) is 0 Å². The van der Waals surface area contributed by atoms with Crippen molar-refractivity contribution in [3.05, 3.63) is 90.4 Å². The highest BCUT2D eigenvalue weighted by Crippen LogP contribution is 2.33. The summed E-state index contributed by atoms with van der Waals surface area (Å²) in [6.07, 6.45) is 1.73. The fourth-order valence-corrected chi connectivity index (χ4v) is 4.27. The van der Waals surface area contributed by atoms with Gasteiger partial charge in [0.1, 0.15) is 33.3 Å². The van der Waals surface area contributed by atoms with E-state index in [0.29, 0.717) is 17.2 Å². The zero-order chi connectivity index (χ0) is 23.3. The Kier molecular flexibility index (Phi) is 6.03. The second-order valence-electron chi connectivity index (χ2n) is 7.13. The van der Waals surface area contributed by atoms with Crippen LogP contribution in [0.2, 0.25) is 0 Å². The van der Waals surface area contributed by atoms with E-state index in [2.05, 4.69) is 37.1 Å². The number of aliphatic hydroxyl groups excluding tert-OH is 1. The van der Waals surface area contributed by atoms with Crippen molar-refractivity contribution in [1.82, 2.24) is 19.9 Å². The first-order chi connectivity index (χ1) is 16.7. The summed E-state index contributed by atoms with van der Waals surface area (Å²) >= 11 is 1.46. The second-order valence-corrected chi connectivity index (χ2v) is 8.11. The zero-order valence-corrected chi connectivity index (χ0v) is 18.6. The van der Waals surface area contributed by atoms with Gasteiger partial charge in [0.05, 0.1) is 5.69 Å². The summed E-state index contributed by atoms with van der Waals surface area (Å²) in [5.41, 5.74) is 3.46. The summed E-state index contributed by atoms with van der Waals surface area (Å²) in [7, 11) is 0. The predicted octanol–water partition coefficient (Wildman–Crippen LogP) is 4.41. The number of hydrogen-bond acceptors (Lipinski definition) is 7. The SMILES string of the molecule is O=C(Nc1ccccc1-c1nc2cccnc2s1)c1cc(C#CCO)nc(-c2ccccc2)n1. The van der Waals surface area contributed by atoms with Gasteiger partial charge in [-0.15, -0.1) is 0 Å². The summed E-state index contributed by atoms with van der Waals surface area (Å²) < 4.78 is 0. The molecule has 0 radical (unpaired) electrons. The normalized spacial score (nSPS) is 10.5. The maximum atomic E-state index is 13.3. The first-order valence-corrected chi connectivity index (χ1v) is 11.2. The maximum absolute atomic E-state index is 13.3. The van der Waals surface area contributed by atoms with Crippen LogP contribution in [0.1, 0.15) is 16.2 Å². The minimum absolute atomic E-state index is 0.164. The van der Waals surface area contributed by atoms with Crippen LogP contribution in [0.5, 0.6) is 0 Å². The minimum atomic E-state index is -0.404. The molecule has 2 aromatic carbocycles. The molecule has 2 N–H and O–H groups in total. The third-order valence-electron chi connectivity index (χ3n) is 4.86. The summed E-state index contributed by atoms with van der Waals surface area (Å²) in [6.45, 7) is -0.309. The molecule has 0 unspecified atom stereocenters. The van der Waals surface area contributed by atoms with Gasteiger partial charge >= 0.3 is 0 Å². The first kappa shape index (κ1) is 21.4. The van der Waals surface area contributed by atoms with Gasteiger partial charge in [0.25, 0.3) is 5.91 Å². The Morgan fingerprint density at radius 3 is 2.62 bits per heavy atom. The lowest BCUT2D eigenvalue weighted by Gasteiger charge is -2.10. The van der Waals surface area contributed by atoms with Crippen molar-refractivity contribution in [2.45, 2.75) is 0 Å². The molecule has 0 saturated carbocycles. The van der Waals surface area contributed by atoms with Gasteiger partial charge in [0.2, 0.25) is 0 Å². The van der Waals surface area contributed by atoms with Gasteiger partial charge in [0, 0.05) is 23.4 Å². The number of fused-ring (bicyclic) bond motifs is 1. The molecule has 3 heterocycles. The number of nitrogens with zero attached hydrogens (tertiary/aromatic N) is 4. The number of carbonyl (C=O) groups excluding carboxylic acids is 1. The predicted molar refractivity (Wildman–Crippen MR) is 132 cm³/mol. The lowest BCUT2D eigenvalue weighted by atomic mass is 10.1. The lowest BCUT2D eigenvalue weighted by Crippen LogP contribution is -2.15. The number of amides is 1. The van der Waals surface area contributed by atoms with Gasteiger partial charge in [-0.1, -0.05) is 59.7 Å². The molecule has 3 aromatic heterocycles. The van der Waals surface area contributed by atoms with Crippen LogP contribution >= 0.6 is 11.3 Å². The summed E-state index contributed by atoms with van der Waals surface area (Å²) in [5.74, 6) is 5.31. The second kappa shape index (κ2) is 9.58. The fourth-order valence-electron chi connectivity index (χ4n) is 3.32. The van der Waals surface area contributed by atoms with E-state index in [1.807, 2.05) is 66.7 Å². The number of nitrogens with one attached hydrogen (secondary N) is 1. The number of rotatable bonds is 4. The standard InChI is InChI=1S/C26H17N5O2S/c32-15-7-10-18-16-22(29-23(28-18)17-8-2-1-3-9-17)24(33)30-20-12-5-4-11-19(20)25-31-21-13-6-14-27-26(21)34-25/h1-6,8-9,11-14,16,32H,15H2,(H,30,33). The Morgan fingerprint density at radius 1 is 0.971 bits per heavy atom. The van der Waals surface area contributed by atoms with Crippen molar-refractivity contribution in [3.8, 4) is 33.8 Å². The van der Waals surface area contributed by atoms with Crippen molar-refractivity contribution >= 4 is 33.3 Å². The van der Waals surface area contributed by atoms with E-state index < -0.39 is 5.91 Å². The highest BCUT2D eigenvalue weighted by Gasteiger charge is 2.16. The van der Waals surface area contributed by atoms with Gasteiger partial charge in [-0.3, -0.25) is 4.79 Å². The van der Waals surface area contributed by atoms with Crippen LogP contribution in [0.4, 0.5) is 5.69 Å². The molecular weight excluding hydrogens is 446 g/mol. The van der Waals surface area contributed by atoms with Crippen molar-refractivity contribution in [3.63, 3.8) is 0 Å². The number of aromatic nitrogens is 4. The van der Waals surface area contributed by atoms with Crippen molar-refractivity contribution in [2.24, 2.45) is 0 Å². The number of anilines is 1. The van der Waals surface area contributed by atoms with Gasteiger partial charge in [-0.25, -0.2) is 19.9 Å². The summed E-state index contributed by atoms with van der Waals surface area (Å²) in [4.78, 5) is 32.0. The number of carbonyl (C=O) groups is 1. The molecule has 0 bridgehead atoms. The third-order valence-corrected chi connectivity index (χ3v) is 5.87. The average Bonchev–Trinajstić information content (AvgIpc) is 3.32. The smallest absolute Gasteiger partial charge is 0.274 e. The number of hydrogen-bond donors (Lipinski definition) is 2. The topological polar surface area (TPSA) is 101 Å². The summed E-state index contributed by atoms with van der Waals surface area (Å²) in [5, 5.41) is 12.8. The molecule has 7 nitrogen and oxygen atoms in total. The van der Waals surface area contributed by atoms with Gasteiger partial charge in [-0.05, 0) is 30.2 Å². The molecule has 0 aliphatic heterocycles. The van der Waals surface area contributed by atoms with Crippen molar-refractivity contribution in [1.29, 1.82) is 0 Å². The quantitative estimate of drug-likeness (QED) is 0.383. The monoisotopic (exact) mass is 463 g/mol. The Labute approximate surface area is 199 Å². The average molecular weight is 464 g/mol. The van der Waals surface area contributed by atoms with Crippen molar-refractivity contribution in [2.75, 3.05) is 11.9 Å². The van der Waals surface area contributed by atoms with Crippen LogP contribution in [0.3, 0.4) is 0 Å². The molecule has 0 saturated heterocycles. The molecule has 0 aliphatic carbocycles. The number of para-hydroxylation sites is 1. The Hall–Kier alpha value is -4.45. The molecule has 0 spiro atoms. The van der Waals surface area contributed by atoms with E-state index in [4.69, 9.17) is 5.11 Å². The Morgan fingerprint density at radius 2 is 1.79 bits per heavy atom. The van der Waals surface area contributed by atoms with E-state index in [1.165, 1.54) is 17.4 Å². The van der Waals surface area contributed by atoms with Crippen LogP contribution in [0.15, 0.2) is 79.0 Å². The van der Waals surface area contributed by atoms with Crippen molar-refractivity contribution < 1.29 is 9.90 Å². The molecule has 8 heteroatoms. The van der Waals surface area contributed by atoms with E-state index in [0.717, 1.165) is 26.5 Å². The van der Waals surface area contributed by atoms with E-state index in [9.17, 15) is 4.79 Å². The Bertz CT molecular complexity index is 1520. The first-order valence-electron chi connectivity index (χ1n) is 10.4. The third kappa shape index (κ3) is 4.52.